The fourth-order valence-electron chi connectivity index (χ4n) is 1.35. The van der Waals surface area contributed by atoms with E-state index in [1.807, 2.05) is 37.3 Å². The van der Waals surface area contributed by atoms with Crippen LogP contribution in [0.15, 0.2) is 43.0 Å². The van der Waals surface area contributed by atoms with E-state index in [0.29, 0.717) is 13.1 Å². The standard InChI is InChI=1S/C13H18N2O/c1-3-9-14-13(16)10-15-11(2)12-7-5-4-6-8-12/h3-8,11,15H,1,9-10H2,2H3,(H,14,16). The van der Waals surface area contributed by atoms with E-state index >= 15 is 0 Å². The summed E-state index contributed by atoms with van der Waals surface area (Å²) >= 11 is 0. The average Bonchev–Trinajstić information content (AvgIpc) is 2.34. The molecule has 0 bridgehead atoms. The van der Waals surface area contributed by atoms with Crippen molar-refractivity contribution in [2.45, 2.75) is 13.0 Å². The molecule has 0 spiro atoms. The lowest BCUT2D eigenvalue weighted by atomic mass is 10.1. The first-order chi connectivity index (χ1) is 7.74. The Hall–Kier alpha value is -1.61. The molecule has 1 aromatic carbocycles. The lowest BCUT2D eigenvalue weighted by molar-refractivity contribution is -0.120. The molecule has 1 rings (SSSR count). The molecule has 86 valence electrons. The lowest BCUT2D eigenvalue weighted by Crippen LogP contribution is -2.35. The Kier molecular flexibility index (Phi) is 5.29. The van der Waals surface area contributed by atoms with Crippen LogP contribution in [0.5, 0.6) is 0 Å². The van der Waals surface area contributed by atoms with Crippen LogP contribution in [0.3, 0.4) is 0 Å². The maximum atomic E-state index is 11.3. The van der Waals surface area contributed by atoms with Crippen LogP contribution in [0.25, 0.3) is 0 Å². The van der Waals surface area contributed by atoms with Gasteiger partial charge in [0.15, 0.2) is 0 Å². The third kappa shape index (κ3) is 4.28. The van der Waals surface area contributed by atoms with Gasteiger partial charge < -0.3 is 10.6 Å². The van der Waals surface area contributed by atoms with E-state index in [1.54, 1.807) is 6.08 Å². The SMILES string of the molecule is C=CCNC(=O)CNC(C)c1ccccc1. The smallest absolute Gasteiger partial charge is 0.234 e. The van der Waals surface area contributed by atoms with Gasteiger partial charge in [0.05, 0.1) is 6.54 Å². The van der Waals surface area contributed by atoms with Crippen molar-refractivity contribution in [2.75, 3.05) is 13.1 Å². The molecule has 1 aromatic rings. The van der Waals surface area contributed by atoms with Gasteiger partial charge in [-0.2, -0.15) is 0 Å². The summed E-state index contributed by atoms with van der Waals surface area (Å²) in [5, 5.41) is 5.88. The van der Waals surface area contributed by atoms with Crippen molar-refractivity contribution in [2.24, 2.45) is 0 Å². The lowest BCUT2D eigenvalue weighted by Gasteiger charge is -2.13. The summed E-state index contributed by atoms with van der Waals surface area (Å²) in [6.45, 7) is 6.42. The fraction of sp³-hybridized carbons (Fsp3) is 0.308. The molecule has 0 saturated carbocycles. The molecule has 1 unspecified atom stereocenters. The minimum absolute atomic E-state index is 0.0114. The van der Waals surface area contributed by atoms with Gasteiger partial charge in [-0.05, 0) is 12.5 Å². The minimum atomic E-state index is -0.0114. The second-order valence-electron chi connectivity index (χ2n) is 3.61. The Bertz CT molecular complexity index is 335. The van der Waals surface area contributed by atoms with E-state index in [4.69, 9.17) is 0 Å². The van der Waals surface area contributed by atoms with Gasteiger partial charge in [-0.3, -0.25) is 4.79 Å². The molecule has 0 fully saturated rings. The van der Waals surface area contributed by atoms with E-state index in [-0.39, 0.29) is 11.9 Å². The maximum absolute atomic E-state index is 11.3. The van der Waals surface area contributed by atoms with Gasteiger partial charge >= 0.3 is 0 Å². The first-order valence-corrected chi connectivity index (χ1v) is 5.40. The molecule has 0 saturated heterocycles. The van der Waals surface area contributed by atoms with Gasteiger partial charge in [0.25, 0.3) is 0 Å². The van der Waals surface area contributed by atoms with Gasteiger partial charge in [0.1, 0.15) is 0 Å². The van der Waals surface area contributed by atoms with Crippen LogP contribution in [0.4, 0.5) is 0 Å². The predicted octanol–water partition coefficient (Wildman–Crippen LogP) is 1.64. The Labute approximate surface area is 96.6 Å². The molecule has 1 atom stereocenters. The van der Waals surface area contributed by atoms with Crippen LogP contribution in [-0.4, -0.2) is 19.0 Å². The normalized spacial score (nSPS) is 11.8. The monoisotopic (exact) mass is 218 g/mol. The van der Waals surface area contributed by atoms with E-state index in [1.165, 1.54) is 5.56 Å². The quantitative estimate of drug-likeness (QED) is 0.713. The number of amides is 1. The van der Waals surface area contributed by atoms with Crippen molar-refractivity contribution < 1.29 is 4.79 Å². The van der Waals surface area contributed by atoms with Crippen molar-refractivity contribution in [3.05, 3.63) is 48.6 Å². The summed E-state index contributed by atoms with van der Waals surface area (Å²) in [6.07, 6.45) is 1.67. The highest BCUT2D eigenvalue weighted by molar-refractivity contribution is 5.78. The highest BCUT2D eigenvalue weighted by Gasteiger charge is 2.05. The molecule has 0 aromatic heterocycles. The van der Waals surface area contributed by atoms with Crippen LogP contribution in [0.1, 0.15) is 18.5 Å². The molecule has 16 heavy (non-hydrogen) atoms. The topological polar surface area (TPSA) is 41.1 Å². The summed E-state index contributed by atoms with van der Waals surface area (Å²) < 4.78 is 0. The molecule has 2 N–H and O–H groups in total. The number of rotatable bonds is 6. The van der Waals surface area contributed by atoms with Gasteiger partial charge in [-0.15, -0.1) is 6.58 Å². The van der Waals surface area contributed by atoms with Crippen molar-refractivity contribution in [1.82, 2.24) is 10.6 Å². The molecule has 0 aliphatic carbocycles. The summed E-state index contributed by atoms with van der Waals surface area (Å²) in [5.41, 5.74) is 1.18. The van der Waals surface area contributed by atoms with Crippen LogP contribution in [0, 0.1) is 0 Å². The highest BCUT2D eigenvalue weighted by atomic mass is 16.1. The Balaban J connectivity index is 2.33. The zero-order valence-electron chi connectivity index (χ0n) is 9.57. The molecule has 0 aliphatic heterocycles. The zero-order valence-corrected chi connectivity index (χ0v) is 9.57. The third-order valence-corrected chi connectivity index (χ3v) is 2.31. The van der Waals surface area contributed by atoms with E-state index in [2.05, 4.69) is 17.2 Å². The first kappa shape index (κ1) is 12.5. The van der Waals surface area contributed by atoms with Crippen molar-refractivity contribution in [3.63, 3.8) is 0 Å². The van der Waals surface area contributed by atoms with Gasteiger partial charge in [-0.25, -0.2) is 0 Å². The number of nitrogens with one attached hydrogen (secondary N) is 2. The first-order valence-electron chi connectivity index (χ1n) is 5.40. The second kappa shape index (κ2) is 6.80. The highest BCUT2D eigenvalue weighted by Crippen LogP contribution is 2.10. The van der Waals surface area contributed by atoms with Crippen LogP contribution in [-0.2, 0) is 4.79 Å². The maximum Gasteiger partial charge on any atom is 0.234 e. The average molecular weight is 218 g/mol. The molecule has 3 nitrogen and oxygen atoms in total. The largest absolute Gasteiger partial charge is 0.352 e. The van der Waals surface area contributed by atoms with E-state index < -0.39 is 0 Å². The molecule has 0 heterocycles. The molecule has 3 heteroatoms. The van der Waals surface area contributed by atoms with Crippen molar-refractivity contribution >= 4 is 5.91 Å². The van der Waals surface area contributed by atoms with Crippen molar-refractivity contribution in [1.29, 1.82) is 0 Å². The second-order valence-corrected chi connectivity index (χ2v) is 3.61. The third-order valence-electron chi connectivity index (χ3n) is 2.31. The molecule has 0 radical (unpaired) electrons. The van der Waals surface area contributed by atoms with Crippen LogP contribution in [0.2, 0.25) is 0 Å². The van der Waals surface area contributed by atoms with E-state index in [9.17, 15) is 4.79 Å². The fourth-order valence-corrected chi connectivity index (χ4v) is 1.35. The van der Waals surface area contributed by atoms with Gasteiger partial charge in [0, 0.05) is 12.6 Å². The number of hydrogen-bond donors (Lipinski definition) is 2. The van der Waals surface area contributed by atoms with Crippen LogP contribution < -0.4 is 10.6 Å². The molecular formula is C13H18N2O. The molecular weight excluding hydrogens is 200 g/mol. The predicted molar refractivity (Wildman–Crippen MR) is 66.1 cm³/mol. The summed E-state index contributed by atoms with van der Waals surface area (Å²) in [4.78, 5) is 11.3. The molecule has 0 aliphatic rings. The number of carbonyl (C=O) groups is 1. The Morgan fingerprint density at radius 2 is 2.12 bits per heavy atom. The minimum Gasteiger partial charge on any atom is -0.352 e. The number of carbonyl (C=O) groups excluding carboxylic acids is 1. The zero-order chi connectivity index (χ0) is 11.8. The molecule has 1 amide bonds. The number of hydrogen-bond acceptors (Lipinski definition) is 2. The van der Waals surface area contributed by atoms with E-state index in [0.717, 1.165) is 0 Å². The van der Waals surface area contributed by atoms with Gasteiger partial charge in [-0.1, -0.05) is 36.4 Å². The Morgan fingerprint density at radius 3 is 2.75 bits per heavy atom. The van der Waals surface area contributed by atoms with Gasteiger partial charge in [0.2, 0.25) is 5.91 Å². The van der Waals surface area contributed by atoms with Crippen molar-refractivity contribution in [3.8, 4) is 0 Å². The van der Waals surface area contributed by atoms with Crippen LogP contribution >= 0.6 is 0 Å². The number of benzene rings is 1. The summed E-state index contributed by atoms with van der Waals surface area (Å²) in [7, 11) is 0. The summed E-state index contributed by atoms with van der Waals surface area (Å²) in [6, 6.07) is 10.2. The Morgan fingerprint density at radius 1 is 1.44 bits per heavy atom. The summed E-state index contributed by atoms with van der Waals surface area (Å²) in [5.74, 6) is -0.0114.